The summed E-state index contributed by atoms with van der Waals surface area (Å²) >= 11 is 0. The first-order valence-corrected chi connectivity index (χ1v) is 9.65. The summed E-state index contributed by atoms with van der Waals surface area (Å²) in [6.07, 6.45) is 3.13. The van der Waals surface area contributed by atoms with Gasteiger partial charge in [-0.2, -0.15) is 10.2 Å². The second-order valence-electron chi connectivity index (χ2n) is 7.72. The van der Waals surface area contributed by atoms with E-state index in [0.29, 0.717) is 5.69 Å². The maximum Gasteiger partial charge on any atom is 0.267 e. The van der Waals surface area contributed by atoms with Crippen LogP contribution in [0.25, 0.3) is 11.3 Å². The number of aryl methyl sites for hydroxylation is 2. The number of hydrogen-bond acceptors (Lipinski definition) is 4. The molecule has 146 valence electrons. The van der Waals surface area contributed by atoms with Crippen LogP contribution in [0.3, 0.4) is 0 Å². The molecule has 0 spiro atoms. The van der Waals surface area contributed by atoms with Crippen molar-refractivity contribution < 1.29 is 4.79 Å². The van der Waals surface area contributed by atoms with E-state index in [-0.39, 0.29) is 23.6 Å². The minimum atomic E-state index is -0.641. The van der Waals surface area contributed by atoms with E-state index in [1.165, 1.54) is 10.7 Å². The maximum atomic E-state index is 13.2. The third-order valence-electron chi connectivity index (χ3n) is 5.76. The molecule has 2 aromatic rings. The average Bonchev–Trinajstić information content (AvgIpc) is 2.87. The Labute approximate surface area is 160 Å². The second kappa shape index (κ2) is 7.29. The number of nitrogens with zero attached hydrogens (tertiary/aromatic N) is 5. The molecule has 27 heavy (non-hydrogen) atoms. The van der Waals surface area contributed by atoms with Crippen molar-refractivity contribution in [2.24, 2.45) is 7.05 Å². The summed E-state index contributed by atoms with van der Waals surface area (Å²) in [5.41, 5.74) is 3.13. The molecule has 0 N–H and O–H groups in total. The monoisotopic (exact) mass is 371 g/mol. The fraction of sp³-hybridized carbons (Fsp3) is 0.600. The van der Waals surface area contributed by atoms with Gasteiger partial charge < -0.3 is 4.90 Å². The molecule has 1 aliphatic heterocycles. The Morgan fingerprint density at radius 3 is 2.33 bits per heavy atom. The van der Waals surface area contributed by atoms with E-state index in [1.54, 1.807) is 17.7 Å². The normalized spacial score (nSPS) is 21.3. The molecule has 0 unspecified atom stereocenters. The van der Waals surface area contributed by atoms with Gasteiger partial charge in [0.25, 0.3) is 5.56 Å². The van der Waals surface area contributed by atoms with Crippen molar-refractivity contribution in [3.8, 4) is 11.3 Å². The van der Waals surface area contributed by atoms with Crippen molar-refractivity contribution in [3.63, 3.8) is 0 Å². The van der Waals surface area contributed by atoms with Crippen molar-refractivity contribution in [1.82, 2.24) is 24.5 Å². The Balaban J connectivity index is 1.99. The number of carbonyl (C=O) groups is 1. The molecule has 1 saturated heterocycles. The Hall–Kier alpha value is -2.44. The van der Waals surface area contributed by atoms with E-state index in [1.807, 2.05) is 25.8 Å². The molecule has 0 saturated carbocycles. The van der Waals surface area contributed by atoms with E-state index in [2.05, 4.69) is 24.0 Å². The highest BCUT2D eigenvalue weighted by atomic mass is 16.2. The van der Waals surface area contributed by atoms with Crippen molar-refractivity contribution in [1.29, 1.82) is 0 Å². The van der Waals surface area contributed by atoms with Gasteiger partial charge in [-0.1, -0.05) is 0 Å². The van der Waals surface area contributed by atoms with Crippen LogP contribution in [0.5, 0.6) is 0 Å². The lowest BCUT2D eigenvalue weighted by atomic mass is 9.96. The summed E-state index contributed by atoms with van der Waals surface area (Å²) in [5.74, 6) is -0.0407. The summed E-state index contributed by atoms with van der Waals surface area (Å²) in [7, 11) is 1.88. The molecule has 1 amide bonds. The first kappa shape index (κ1) is 19.3. The van der Waals surface area contributed by atoms with Gasteiger partial charge in [0.1, 0.15) is 6.04 Å². The zero-order valence-electron chi connectivity index (χ0n) is 17.1. The third kappa shape index (κ3) is 3.42. The number of aromatic nitrogens is 4. The quantitative estimate of drug-likeness (QED) is 0.831. The van der Waals surface area contributed by atoms with Gasteiger partial charge in [0.15, 0.2) is 0 Å². The Bertz CT molecular complexity index is 904. The molecule has 7 heteroatoms. The first-order chi connectivity index (χ1) is 12.7. The molecule has 0 aromatic carbocycles. The Morgan fingerprint density at radius 1 is 1.15 bits per heavy atom. The van der Waals surface area contributed by atoms with Gasteiger partial charge in [-0.25, -0.2) is 4.68 Å². The van der Waals surface area contributed by atoms with Crippen LogP contribution in [0.15, 0.2) is 16.9 Å². The van der Waals surface area contributed by atoms with Gasteiger partial charge in [0.2, 0.25) is 5.91 Å². The fourth-order valence-corrected chi connectivity index (χ4v) is 4.16. The van der Waals surface area contributed by atoms with E-state index in [0.717, 1.165) is 36.2 Å². The molecule has 0 bridgehead atoms. The lowest BCUT2D eigenvalue weighted by Crippen LogP contribution is -2.50. The topological polar surface area (TPSA) is 73.0 Å². The second-order valence-corrected chi connectivity index (χ2v) is 7.72. The smallest absolute Gasteiger partial charge is 0.267 e. The molecular formula is C20H29N5O2. The predicted octanol–water partition coefficient (Wildman–Crippen LogP) is 2.61. The van der Waals surface area contributed by atoms with Crippen LogP contribution >= 0.6 is 0 Å². The highest BCUT2D eigenvalue weighted by Gasteiger charge is 2.33. The van der Waals surface area contributed by atoms with Gasteiger partial charge in [0, 0.05) is 36.5 Å². The molecule has 3 heterocycles. The van der Waals surface area contributed by atoms with Crippen LogP contribution in [0.4, 0.5) is 0 Å². The van der Waals surface area contributed by atoms with E-state index < -0.39 is 6.04 Å². The molecule has 3 atom stereocenters. The van der Waals surface area contributed by atoms with Crippen molar-refractivity contribution >= 4 is 5.91 Å². The maximum absolute atomic E-state index is 13.2. The van der Waals surface area contributed by atoms with Crippen LogP contribution in [0.1, 0.15) is 57.5 Å². The van der Waals surface area contributed by atoms with Gasteiger partial charge in [0.05, 0.1) is 11.4 Å². The van der Waals surface area contributed by atoms with Gasteiger partial charge >= 0.3 is 0 Å². The van der Waals surface area contributed by atoms with Crippen LogP contribution in [-0.2, 0) is 11.8 Å². The summed E-state index contributed by atoms with van der Waals surface area (Å²) in [6.45, 7) is 9.81. The van der Waals surface area contributed by atoms with Crippen molar-refractivity contribution in [2.75, 3.05) is 0 Å². The number of rotatable bonds is 3. The van der Waals surface area contributed by atoms with Gasteiger partial charge in [-0.05, 0) is 59.9 Å². The summed E-state index contributed by atoms with van der Waals surface area (Å²) in [6, 6.07) is 2.92. The highest BCUT2D eigenvalue weighted by Crippen LogP contribution is 2.27. The van der Waals surface area contributed by atoms with E-state index in [4.69, 9.17) is 0 Å². The van der Waals surface area contributed by atoms with Crippen LogP contribution < -0.4 is 5.56 Å². The Kier molecular flexibility index (Phi) is 5.22. The molecule has 3 rings (SSSR count). The predicted molar refractivity (Wildman–Crippen MR) is 105 cm³/mol. The van der Waals surface area contributed by atoms with Crippen molar-refractivity contribution in [3.05, 3.63) is 33.9 Å². The molecule has 7 nitrogen and oxygen atoms in total. The molecular weight excluding hydrogens is 342 g/mol. The third-order valence-corrected chi connectivity index (χ3v) is 5.76. The standard InChI is InChI=1S/C20H29N5O2/c1-12-8-7-9-13(2)24(12)20(27)16(5)25-18(26)11-10-17(22-25)19-14(3)21-23(6)15(19)4/h10-13,16H,7-9H2,1-6H3/t12-,13-,16-/m1/s1. The molecule has 0 radical (unpaired) electrons. The SMILES string of the molecule is Cc1nn(C)c(C)c1-c1ccc(=O)n([C@H](C)C(=O)N2[C@H](C)CCC[C@H]2C)n1. The number of amides is 1. The molecule has 1 aliphatic rings. The zero-order chi connectivity index (χ0) is 19.9. The van der Waals surface area contributed by atoms with Crippen LogP contribution in [0, 0.1) is 13.8 Å². The number of hydrogen-bond donors (Lipinski definition) is 0. The largest absolute Gasteiger partial charge is 0.335 e. The Morgan fingerprint density at radius 2 is 1.78 bits per heavy atom. The lowest BCUT2D eigenvalue weighted by molar-refractivity contribution is -0.140. The molecule has 1 fully saturated rings. The fourth-order valence-electron chi connectivity index (χ4n) is 4.16. The lowest BCUT2D eigenvalue weighted by Gasteiger charge is -2.40. The minimum Gasteiger partial charge on any atom is -0.335 e. The summed E-state index contributed by atoms with van der Waals surface area (Å²) in [4.78, 5) is 27.6. The van der Waals surface area contributed by atoms with E-state index in [9.17, 15) is 9.59 Å². The molecule has 2 aromatic heterocycles. The zero-order valence-corrected chi connectivity index (χ0v) is 17.1. The highest BCUT2D eigenvalue weighted by molar-refractivity contribution is 5.80. The summed E-state index contributed by atoms with van der Waals surface area (Å²) in [5, 5.41) is 8.97. The van der Waals surface area contributed by atoms with Gasteiger partial charge in [-0.3, -0.25) is 14.3 Å². The first-order valence-electron chi connectivity index (χ1n) is 9.65. The van der Waals surface area contributed by atoms with Gasteiger partial charge in [-0.15, -0.1) is 0 Å². The summed E-state index contributed by atoms with van der Waals surface area (Å²) < 4.78 is 3.12. The number of carbonyl (C=O) groups excluding carboxylic acids is 1. The van der Waals surface area contributed by atoms with Crippen LogP contribution in [-0.4, -0.2) is 42.5 Å². The minimum absolute atomic E-state index is 0.0407. The molecule has 0 aliphatic carbocycles. The van der Waals surface area contributed by atoms with E-state index >= 15 is 0 Å². The van der Waals surface area contributed by atoms with Crippen LogP contribution in [0.2, 0.25) is 0 Å². The number of likely N-dealkylation sites (tertiary alicyclic amines) is 1. The van der Waals surface area contributed by atoms with Crippen molar-refractivity contribution in [2.45, 2.75) is 72.0 Å². The average molecular weight is 371 g/mol. The number of piperidine rings is 1.